The Labute approximate surface area is 158 Å². The van der Waals surface area contributed by atoms with Crippen molar-refractivity contribution < 1.29 is 4.74 Å². The number of ether oxygens (including phenoxy) is 1. The largest absolute Gasteiger partial charge is 0.483 e. The van der Waals surface area contributed by atoms with E-state index < -0.39 is 5.60 Å². The van der Waals surface area contributed by atoms with Crippen LogP contribution in [0.4, 0.5) is 11.6 Å². The number of rotatable bonds is 6. The SMILES string of the molecule is CC(C)(Oc1cccc(Cl)c1)c1cccc(Nc2ncn(C3CC3)n2)c1. The van der Waals surface area contributed by atoms with Crippen LogP contribution in [0.25, 0.3) is 0 Å². The number of nitrogens with zero attached hydrogens (tertiary/aromatic N) is 3. The van der Waals surface area contributed by atoms with Crippen molar-refractivity contribution in [3.8, 4) is 5.75 Å². The molecule has 1 fully saturated rings. The Kier molecular flexibility index (Phi) is 4.32. The zero-order valence-corrected chi connectivity index (χ0v) is 15.6. The summed E-state index contributed by atoms with van der Waals surface area (Å²) in [4.78, 5) is 4.34. The molecule has 1 aliphatic carbocycles. The van der Waals surface area contributed by atoms with Gasteiger partial charge in [-0.2, -0.15) is 0 Å². The van der Waals surface area contributed by atoms with Gasteiger partial charge in [0, 0.05) is 10.7 Å². The number of benzene rings is 2. The lowest BCUT2D eigenvalue weighted by molar-refractivity contribution is 0.109. The van der Waals surface area contributed by atoms with E-state index in [0.29, 0.717) is 17.0 Å². The monoisotopic (exact) mass is 368 g/mol. The second-order valence-electron chi connectivity index (χ2n) is 7.05. The minimum Gasteiger partial charge on any atom is -0.483 e. The van der Waals surface area contributed by atoms with Crippen LogP contribution < -0.4 is 10.1 Å². The summed E-state index contributed by atoms with van der Waals surface area (Å²) in [6, 6.07) is 16.1. The summed E-state index contributed by atoms with van der Waals surface area (Å²) in [5.41, 5.74) is 1.46. The predicted molar refractivity (Wildman–Crippen MR) is 103 cm³/mol. The van der Waals surface area contributed by atoms with Crippen LogP contribution in [0, 0.1) is 0 Å². The Morgan fingerprint density at radius 3 is 2.73 bits per heavy atom. The molecule has 4 rings (SSSR count). The summed E-state index contributed by atoms with van der Waals surface area (Å²) in [5.74, 6) is 1.35. The normalized spacial score (nSPS) is 14.3. The molecule has 5 nitrogen and oxygen atoms in total. The van der Waals surface area contributed by atoms with E-state index in [0.717, 1.165) is 17.0 Å². The van der Waals surface area contributed by atoms with E-state index in [4.69, 9.17) is 16.3 Å². The van der Waals surface area contributed by atoms with Crippen LogP contribution in [0.2, 0.25) is 5.02 Å². The fourth-order valence-electron chi connectivity index (χ4n) is 2.83. The van der Waals surface area contributed by atoms with Gasteiger partial charge in [0.1, 0.15) is 17.7 Å². The molecule has 3 aromatic rings. The topological polar surface area (TPSA) is 52.0 Å². The summed E-state index contributed by atoms with van der Waals surface area (Å²) in [7, 11) is 0. The van der Waals surface area contributed by atoms with Crippen LogP contribution in [0.1, 0.15) is 38.3 Å². The van der Waals surface area contributed by atoms with Gasteiger partial charge in [-0.15, -0.1) is 5.10 Å². The fraction of sp³-hybridized carbons (Fsp3) is 0.300. The van der Waals surface area contributed by atoms with E-state index in [9.17, 15) is 0 Å². The number of hydrogen-bond donors (Lipinski definition) is 1. The van der Waals surface area contributed by atoms with Crippen molar-refractivity contribution in [1.82, 2.24) is 14.8 Å². The van der Waals surface area contributed by atoms with Crippen LogP contribution in [0.15, 0.2) is 54.9 Å². The molecule has 1 saturated carbocycles. The van der Waals surface area contributed by atoms with Gasteiger partial charge < -0.3 is 10.1 Å². The third kappa shape index (κ3) is 3.83. The smallest absolute Gasteiger partial charge is 0.246 e. The van der Waals surface area contributed by atoms with Crippen molar-refractivity contribution in [3.05, 3.63) is 65.4 Å². The predicted octanol–water partition coefficient (Wildman–Crippen LogP) is 5.32. The van der Waals surface area contributed by atoms with Gasteiger partial charge in [0.15, 0.2) is 0 Å². The van der Waals surface area contributed by atoms with Crippen molar-refractivity contribution in [2.24, 2.45) is 0 Å². The summed E-state index contributed by atoms with van der Waals surface area (Å²) in [6.45, 7) is 4.07. The van der Waals surface area contributed by atoms with Gasteiger partial charge in [-0.25, -0.2) is 9.67 Å². The zero-order chi connectivity index (χ0) is 18.1. The standard InChI is InChI=1S/C20H21ClN4O/c1-20(2,26-18-8-4-6-15(21)12-18)14-5-3-7-16(11-14)23-19-22-13-25(24-19)17-9-10-17/h3-8,11-13,17H,9-10H2,1-2H3,(H,23,24). The lowest BCUT2D eigenvalue weighted by Gasteiger charge is -2.27. The Morgan fingerprint density at radius 1 is 1.15 bits per heavy atom. The van der Waals surface area contributed by atoms with E-state index in [1.807, 2.05) is 61.0 Å². The molecule has 2 aromatic carbocycles. The molecule has 1 N–H and O–H groups in total. The Balaban J connectivity index is 1.51. The first-order valence-electron chi connectivity index (χ1n) is 8.73. The molecule has 0 spiro atoms. The molecular weight excluding hydrogens is 348 g/mol. The maximum Gasteiger partial charge on any atom is 0.246 e. The summed E-state index contributed by atoms with van der Waals surface area (Å²) >= 11 is 6.06. The number of hydrogen-bond acceptors (Lipinski definition) is 4. The molecule has 26 heavy (non-hydrogen) atoms. The molecule has 6 heteroatoms. The minimum absolute atomic E-state index is 0.511. The maximum absolute atomic E-state index is 6.17. The Hall–Kier alpha value is -2.53. The average molecular weight is 369 g/mol. The highest BCUT2D eigenvalue weighted by atomic mass is 35.5. The highest BCUT2D eigenvalue weighted by molar-refractivity contribution is 6.30. The second kappa shape index (κ2) is 6.65. The third-order valence-electron chi connectivity index (χ3n) is 4.41. The molecule has 1 heterocycles. The molecule has 0 unspecified atom stereocenters. The van der Waals surface area contributed by atoms with Crippen molar-refractivity contribution in [2.45, 2.75) is 38.3 Å². The average Bonchev–Trinajstić information content (AvgIpc) is 3.35. The number of anilines is 2. The van der Waals surface area contributed by atoms with Crippen molar-refractivity contribution in [3.63, 3.8) is 0 Å². The Bertz CT molecular complexity index is 917. The Morgan fingerprint density at radius 2 is 1.96 bits per heavy atom. The van der Waals surface area contributed by atoms with Gasteiger partial charge in [0.2, 0.25) is 5.95 Å². The fourth-order valence-corrected chi connectivity index (χ4v) is 3.01. The van der Waals surface area contributed by atoms with Crippen molar-refractivity contribution in [1.29, 1.82) is 0 Å². The number of halogens is 1. The molecular formula is C20H21ClN4O. The van der Waals surface area contributed by atoms with E-state index in [2.05, 4.69) is 21.5 Å². The first-order chi connectivity index (χ1) is 12.5. The first kappa shape index (κ1) is 16.9. The van der Waals surface area contributed by atoms with Gasteiger partial charge in [-0.05, 0) is 62.6 Å². The van der Waals surface area contributed by atoms with Gasteiger partial charge in [0.05, 0.1) is 6.04 Å². The summed E-state index contributed by atoms with van der Waals surface area (Å²) < 4.78 is 8.10. The van der Waals surface area contributed by atoms with Crippen LogP contribution in [0.5, 0.6) is 5.75 Å². The molecule has 0 aliphatic heterocycles. The molecule has 0 atom stereocenters. The van der Waals surface area contributed by atoms with Crippen LogP contribution in [-0.2, 0) is 5.60 Å². The quantitative estimate of drug-likeness (QED) is 0.639. The summed E-state index contributed by atoms with van der Waals surface area (Å²) in [6.07, 6.45) is 4.16. The van der Waals surface area contributed by atoms with Gasteiger partial charge in [-0.3, -0.25) is 0 Å². The van der Waals surface area contributed by atoms with Crippen LogP contribution in [-0.4, -0.2) is 14.8 Å². The summed E-state index contributed by atoms with van der Waals surface area (Å²) in [5, 5.41) is 8.42. The lowest BCUT2D eigenvalue weighted by atomic mass is 9.97. The molecule has 1 aliphatic rings. The van der Waals surface area contributed by atoms with E-state index in [-0.39, 0.29) is 0 Å². The van der Waals surface area contributed by atoms with Gasteiger partial charge in [0.25, 0.3) is 0 Å². The van der Waals surface area contributed by atoms with E-state index in [1.165, 1.54) is 12.8 Å². The number of aromatic nitrogens is 3. The molecule has 0 radical (unpaired) electrons. The van der Waals surface area contributed by atoms with E-state index >= 15 is 0 Å². The zero-order valence-electron chi connectivity index (χ0n) is 14.8. The highest BCUT2D eigenvalue weighted by Crippen LogP contribution is 2.34. The molecule has 134 valence electrons. The highest BCUT2D eigenvalue weighted by Gasteiger charge is 2.25. The first-order valence-corrected chi connectivity index (χ1v) is 9.11. The molecule has 0 bridgehead atoms. The molecule has 0 amide bonds. The second-order valence-corrected chi connectivity index (χ2v) is 7.49. The van der Waals surface area contributed by atoms with Crippen molar-refractivity contribution in [2.75, 3.05) is 5.32 Å². The number of nitrogens with one attached hydrogen (secondary N) is 1. The van der Waals surface area contributed by atoms with E-state index in [1.54, 1.807) is 6.33 Å². The third-order valence-corrected chi connectivity index (χ3v) is 4.65. The molecule has 1 aromatic heterocycles. The van der Waals surface area contributed by atoms with Crippen molar-refractivity contribution >= 4 is 23.2 Å². The van der Waals surface area contributed by atoms with Crippen LogP contribution in [0.3, 0.4) is 0 Å². The lowest BCUT2D eigenvalue weighted by Crippen LogP contribution is -2.25. The molecule has 0 saturated heterocycles. The minimum atomic E-state index is -0.511. The van der Waals surface area contributed by atoms with Gasteiger partial charge >= 0.3 is 0 Å². The van der Waals surface area contributed by atoms with Gasteiger partial charge in [-0.1, -0.05) is 29.8 Å². The maximum atomic E-state index is 6.17. The van der Waals surface area contributed by atoms with Crippen LogP contribution >= 0.6 is 11.6 Å².